The van der Waals surface area contributed by atoms with E-state index in [-0.39, 0.29) is 29.9 Å². The molecule has 0 atom stereocenters. The summed E-state index contributed by atoms with van der Waals surface area (Å²) in [7, 11) is 1.62. The normalized spacial score (nSPS) is 11.5. The minimum atomic E-state index is -4.50. The summed E-state index contributed by atoms with van der Waals surface area (Å²) in [6.07, 6.45) is -3.42. The molecule has 1 aromatic heterocycles. The van der Waals surface area contributed by atoms with Crippen LogP contribution in [-0.4, -0.2) is 42.7 Å². The molecule has 11 heteroatoms. The summed E-state index contributed by atoms with van der Waals surface area (Å²) in [6, 6.07) is 6.74. The molecule has 0 fully saturated rings. The van der Waals surface area contributed by atoms with E-state index in [2.05, 4.69) is 30.9 Å². The standard InChI is InChI=1S/C19H25F3N6O.HI/c1-4-23-17(27-12-14-6-5-13(2)11-15(14)29-3)25-9-10-26-18-24-8-7-16(28-18)19(20,21)22;/h5-8,11H,4,9-10,12H2,1-3H3,(H2,23,25,27)(H,24,26,28);1H. The number of methoxy groups -OCH3 is 1. The summed E-state index contributed by atoms with van der Waals surface area (Å²) in [5.41, 5.74) is 1.07. The minimum absolute atomic E-state index is 0. The molecule has 0 saturated heterocycles. The van der Waals surface area contributed by atoms with Gasteiger partial charge in [-0.1, -0.05) is 12.1 Å². The van der Waals surface area contributed by atoms with Crippen molar-refractivity contribution in [1.29, 1.82) is 0 Å². The quantitative estimate of drug-likeness (QED) is 0.206. The van der Waals surface area contributed by atoms with Crippen LogP contribution in [0.2, 0.25) is 0 Å². The number of hydrogen-bond donors (Lipinski definition) is 3. The van der Waals surface area contributed by atoms with Gasteiger partial charge in [0.1, 0.15) is 11.4 Å². The Kier molecular flexibility index (Phi) is 10.6. The summed E-state index contributed by atoms with van der Waals surface area (Å²) < 4.78 is 43.4. The van der Waals surface area contributed by atoms with Crippen LogP contribution >= 0.6 is 24.0 Å². The molecule has 1 heterocycles. The maximum atomic E-state index is 12.7. The third-order valence-corrected chi connectivity index (χ3v) is 3.84. The van der Waals surface area contributed by atoms with Gasteiger partial charge in [0.25, 0.3) is 0 Å². The summed E-state index contributed by atoms with van der Waals surface area (Å²) >= 11 is 0. The Hall–Kier alpha value is -2.31. The van der Waals surface area contributed by atoms with Crippen LogP contribution < -0.4 is 20.7 Å². The maximum Gasteiger partial charge on any atom is 0.433 e. The first-order valence-electron chi connectivity index (χ1n) is 9.13. The highest BCUT2D eigenvalue weighted by Gasteiger charge is 2.32. The molecule has 3 N–H and O–H groups in total. The highest BCUT2D eigenvalue weighted by Crippen LogP contribution is 2.27. The van der Waals surface area contributed by atoms with E-state index in [9.17, 15) is 13.2 Å². The highest BCUT2D eigenvalue weighted by molar-refractivity contribution is 14.0. The van der Waals surface area contributed by atoms with Crippen molar-refractivity contribution >= 4 is 35.9 Å². The number of nitrogens with one attached hydrogen (secondary N) is 3. The number of anilines is 1. The number of ether oxygens (including phenoxy) is 1. The lowest BCUT2D eigenvalue weighted by molar-refractivity contribution is -0.141. The third kappa shape index (κ3) is 8.20. The van der Waals surface area contributed by atoms with Gasteiger partial charge in [-0.2, -0.15) is 13.2 Å². The van der Waals surface area contributed by atoms with Gasteiger partial charge in [0.05, 0.1) is 13.7 Å². The van der Waals surface area contributed by atoms with Crippen molar-refractivity contribution < 1.29 is 17.9 Å². The van der Waals surface area contributed by atoms with E-state index in [1.807, 2.05) is 32.0 Å². The zero-order chi connectivity index (χ0) is 21.3. The van der Waals surface area contributed by atoms with E-state index in [0.29, 0.717) is 32.1 Å². The summed E-state index contributed by atoms with van der Waals surface area (Å²) in [5, 5.41) is 9.00. The first-order valence-corrected chi connectivity index (χ1v) is 9.13. The van der Waals surface area contributed by atoms with Crippen LogP contribution in [0.3, 0.4) is 0 Å². The molecule has 1 aromatic carbocycles. The van der Waals surface area contributed by atoms with E-state index in [4.69, 9.17) is 4.74 Å². The second kappa shape index (κ2) is 12.4. The number of rotatable bonds is 8. The Morgan fingerprint density at radius 1 is 1.17 bits per heavy atom. The first kappa shape index (κ1) is 25.7. The van der Waals surface area contributed by atoms with E-state index in [1.54, 1.807) is 7.11 Å². The Labute approximate surface area is 191 Å². The fraction of sp³-hybridized carbons (Fsp3) is 0.421. The van der Waals surface area contributed by atoms with Gasteiger partial charge in [-0.25, -0.2) is 15.0 Å². The molecule has 0 aliphatic rings. The molecule has 0 aliphatic carbocycles. The molecule has 7 nitrogen and oxygen atoms in total. The lowest BCUT2D eigenvalue weighted by Gasteiger charge is -2.13. The van der Waals surface area contributed by atoms with E-state index in [1.165, 1.54) is 0 Å². The Balaban J connectivity index is 0.00000450. The van der Waals surface area contributed by atoms with Crippen LogP contribution in [0, 0.1) is 6.92 Å². The molecule has 0 radical (unpaired) electrons. The van der Waals surface area contributed by atoms with Gasteiger partial charge in [-0.15, -0.1) is 24.0 Å². The van der Waals surface area contributed by atoms with Gasteiger partial charge in [-0.3, -0.25) is 0 Å². The van der Waals surface area contributed by atoms with Crippen molar-refractivity contribution in [3.8, 4) is 5.75 Å². The predicted octanol–water partition coefficient (Wildman–Crippen LogP) is 3.60. The number of nitrogens with zero attached hydrogens (tertiary/aromatic N) is 3. The van der Waals surface area contributed by atoms with Gasteiger partial charge >= 0.3 is 6.18 Å². The Morgan fingerprint density at radius 2 is 1.93 bits per heavy atom. The number of alkyl halides is 3. The van der Waals surface area contributed by atoms with Crippen LogP contribution in [0.25, 0.3) is 0 Å². The van der Waals surface area contributed by atoms with E-state index >= 15 is 0 Å². The van der Waals surface area contributed by atoms with Gasteiger partial charge in [0, 0.05) is 31.4 Å². The number of aromatic nitrogens is 2. The Morgan fingerprint density at radius 3 is 2.60 bits per heavy atom. The second-order valence-corrected chi connectivity index (χ2v) is 6.13. The fourth-order valence-corrected chi connectivity index (χ4v) is 2.45. The van der Waals surface area contributed by atoms with Crippen LogP contribution in [0.15, 0.2) is 35.5 Å². The summed E-state index contributed by atoms with van der Waals surface area (Å²) in [5.74, 6) is 1.28. The van der Waals surface area contributed by atoms with Gasteiger partial charge in [0.2, 0.25) is 5.95 Å². The average molecular weight is 538 g/mol. The zero-order valence-corrected chi connectivity index (χ0v) is 19.3. The number of aliphatic imine (C=N–C) groups is 1. The number of aryl methyl sites for hydroxylation is 1. The SMILES string of the molecule is CCNC(=NCc1ccc(C)cc1OC)NCCNc1nccc(C(F)(F)F)n1.I. The number of guanidine groups is 1. The van der Waals surface area contributed by atoms with Crippen LogP contribution in [0.4, 0.5) is 19.1 Å². The molecule has 0 unspecified atom stereocenters. The van der Waals surface area contributed by atoms with E-state index < -0.39 is 11.9 Å². The van der Waals surface area contributed by atoms with Crippen molar-refractivity contribution in [2.75, 3.05) is 32.1 Å². The fourth-order valence-electron chi connectivity index (χ4n) is 2.45. The molecule has 0 saturated carbocycles. The van der Waals surface area contributed by atoms with E-state index in [0.717, 1.165) is 29.1 Å². The van der Waals surface area contributed by atoms with Crippen LogP contribution in [0.5, 0.6) is 5.75 Å². The number of benzene rings is 1. The Bertz CT molecular complexity index is 832. The van der Waals surface area contributed by atoms with Gasteiger partial charge in [0.15, 0.2) is 5.96 Å². The lowest BCUT2D eigenvalue weighted by Crippen LogP contribution is -2.39. The smallest absolute Gasteiger partial charge is 0.433 e. The third-order valence-electron chi connectivity index (χ3n) is 3.84. The summed E-state index contributed by atoms with van der Waals surface area (Å²) in [6.45, 7) is 5.75. The first-order chi connectivity index (χ1) is 13.8. The molecule has 2 rings (SSSR count). The predicted molar refractivity (Wildman–Crippen MR) is 121 cm³/mol. The van der Waals surface area contributed by atoms with Gasteiger partial charge < -0.3 is 20.7 Å². The van der Waals surface area contributed by atoms with Crippen molar-refractivity contribution in [3.05, 3.63) is 47.3 Å². The average Bonchev–Trinajstić information content (AvgIpc) is 2.69. The molecule has 0 bridgehead atoms. The van der Waals surface area contributed by atoms with Crippen LogP contribution in [0.1, 0.15) is 23.7 Å². The minimum Gasteiger partial charge on any atom is -0.496 e. The molecule has 0 spiro atoms. The molecule has 30 heavy (non-hydrogen) atoms. The lowest BCUT2D eigenvalue weighted by atomic mass is 10.1. The van der Waals surface area contributed by atoms with Crippen molar-refractivity contribution in [2.24, 2.45) is 4.99 Å². The molecular weight excluding hydrogens is 512 g/mol. The zero-order valence-electron chi connectivity index (χ0n) is 17.0. The molecule has 0 amide bonds. The maximum absolute atomic E-state index is 12.7. The molecular formula is C19H26F3IN6O. The van der Waals surface area contributed by atoms with Crippen molar-refractivity contribution in [1.82, 2.24) is 20.6 Å². The monoisotopic (exact) mass is 538 g/mol. The highest BCUT2D eigenvalue weighted by atomic mass is 127. The van der Waals surface area contributed by atoms with Gasteiger partial charge in [-0.05, 0) is 31.5 Å². The number of halogens is 4. The topological polar surface area (TPSA) is 83.5 Å². The second-order valence-electron chi connectivity index (χ2n) is 6.13. The number of hydrogen-bond acceptors (Lipinski definition) is 5. The molecule has 166 valence electrons. The van der Waals surface area contributed by atoms with Crippen molar-refractivity contribution in [3.63, 3.8) is 0 Å². The molecule has 2 aromatic rings. The van der Waals surface area contributed by atoms with Crippen molar-refractivity contribution in [2.45, 2.75) is 26.6 Å². The largest absolute Gasteiger partial charge is 0.496 e. The molecule has 0 aliphatic heterocycles. The van der Waals surface area contributed by atoms with Crippen LogP contribution in [-0.2, 0) is 12.7 Å². The summed E-state index contributed by atoms with van der Waals surface area (Å²) in [4.78, 5) is 11.8.